The lowest BCUT2D eigenvalue weighted by molar-refractivity contribution is 0.0953. The van der Waals surface area contributed by atoms with Gasteiger partial charge < -0.3 is 5.32 Å². The van der Waals surface area contributed by atoms with E-state index in [4.69, 9.17) is 0 Å². The monoisotopic (exact) mass is 412 g/mol. The van der Waals surface area contributed by atoms with Gasteiger partial charge in [0.05, 0.1) is 11.3 Å². The number of hydrogen-bond acceptors (Lipinski definition) is 6. The Morgan fingerprint density at radius 2 is 2.12 bits per heavy atom. The van der Waals surface area contributed by atoms with E-state index in [1.807, 2.05) is 34.9 Å². The zero-order chi connectivity index (χ0) is 17.9. The average Bonchev–Trinajstić information content (AvgIpc) is 3.32. The number of amides is 1. The van der Waals surface area contributed by atoms with Crippen LogP contribution >= 0.6 is 15.9 Å². The molecule has 0 fully saturated rings. The normalized spacial score (nSPS) is 11.0. The molecule has 0 aliphatic rings. The lowest BCUT2D eigenvalue weighted by Gasteiger charge is -2.10. The average molecular weight is 413 g/mol. The van der Waals surface area contributed by atoms with Gasteiger partial charge in [-0.05, 0) is 40.8 Å². The molecule has 3 aromatic heterocycles. The first kappa shape index (κ1) is 16.3. The van der Waals surface area contributed by atoms with Gasteiger partial charge in [0.15, 0.2) is 5.65 Å². The minimum atomic E-state index is -0.217. The summed E-state index contributed by atoms with van der Waals surface area (Å²) in [5, 5.41) is 22.3. The largest absolute Gasteiger partial charge is 0.352 e. The molecule has 9 nitrogen and oxygen atoms in total. The molecule has 0 saturated carbocycles. The fraction of sp³-hybridized carbons (Fsp3) is 0.125. The van der Waals surface area contributed by atoms with Gasteiger partial charge in [-0.3, -0.25) is 9.20 Å². The quantitative estimate of drug-likeness (QED) is 0.531. The summed E-state index contributed by atoms with van der Waals surface area (Å²) in [5.74, 6) is 0.571. The summed E-state index contributed by atoms with van der Waals surface area (Å²) in [6, 6.07) is 11.0. The second-order valence-corrected chi connectivity index (χ2v) is 6.38. The van der Waals surface area contributed by atoms with Crippen molar-refractivity contribution in [2.75, 3.05) is 6.54 Å². The zero-order valence-electron chi connectivity index (χ0n) is 13.4. The minimum Gasteiger partial charge on any atom is -0.352 e. The lowest BCUT2D eigenvalue weighted by Crippen LogP contribution is -2.27. The van der Waals surface area contributed by atoms with Gasteiger partial charge in [0.25, 0.3) is 5.91 Å². The molecule has 0 unspecified atom stereocenters. The van der Waals surface area contributed by atoms with Gasteiger partial charge in [-0.15, -0.1) is 15.3 Å². The van der Waals surface area contributed by atoms with Crippen LogP contribution in [0.1, 0.15) is 16.2 Å². The highest BCUT2D eigenvalue weighted by atomic mass is 79.9. The third-order valence-corrected chi connectivity index (χ3v) is 4.31. The van der Waals surface area contributed by atoms with E-state index in [1.165, 1.54) is 11.0 Å². The van der Waals surface area contributed by atoms with Crippen LogP contribution in [-0.2, 0) is 6.42 Å². The predicted octanol–water partition coefficient (Wildman–Crippen LogP) is 1.44. The Morgan fingerprint density at radius 1 is 1.19 bits per heavy atom. The van der Waals surface area contributed by atoms with Gasteiger partial charge in [0, 0.05) is 23.6 Å². The van der Waals surface area contributed by atoms with Crippen molar-refractivity contribution in [3.05, 3.63) is 64.8 Å². The van der Waals surface area contributed by atoms with Gasteiger partial charge in [0.1, 0.15) is 12.2 Å². The molecule has 26 heavy (non-hydrogen) atoms. The molecular weight excluding hydrogens is 400 g/mol. The van der Waals surface area contributed by atoms with Crippen LogP contribution in [0.15, 0.2) is 53.4 Å². The Hall–Kier alpha value is -3.14. The second-order valence-electron chi connectivity index (χ2n) is 5.47. The summed E-state index contributed by atoms with van der Waals surface area (Å²) in [6.45, 7) is 0.427. The number of carbonyl (C=O) groups excluding carboxylic acids is 1. The van der Waals surface area contributed by atoms with Crippen molar-refractivity contribution in [2.24, 2.45) is 0 Å². The molecule has 1 N–H and O–H groups in total. The zero-order valence-corrected chi connectivity index (χ0v) is 15.0. The summed E-state index contributed by atoms with van der Waals surface area (Å²) in [6.07, 6.45) is 3.91. The topological polar surface area (TPSA) is 103 Å². The van der Waals surface area contributed by atoms with Crippen molar-refractivity contribution < 1.29 is 4.79 Å². The van der Waals surface area contributed by atoms with Crippen molar-refractivity contribution in [2.45, 2.75) is 6.42 Å². The Kier molecular flexibility index (Phi) is 4.40. The van der Waals surface area contributed by atoms with Crippen LogP contribution in [0.2, 0.25) is 0 Å². The van der Waals surface area contributed by atoms with Gasteiger partial charge in [-0.1, -0.05) is 22.0 Å². The molecule has 0 radical (unpaired) electrons. The van der Waals surface area contributed by atoms with E-state index in [0.717, 1.165) is 15.9 Å². The molecule has 0 saturated heterocycles. The molecule has 4 aromatic rings. The SMILES string of the molecule is O=C(NCCc1nnc2ccccn12)c1cc(Br)ccc1-n1cnnn1. The maximum Gasteiger partial charge on any atom is 0.253 e. The first-order chi connectivity index (χ1) is 12.7. The molecule has 4 rings (SSSR count). The van der Waals surface area contributed by atoms with E-state index in [1.54, 1.807) is 12.1 Å². The van der Waals surface area contributed by atoms with E-state index >= 15 is 0 Å². The summed E-state index contributed by atoms with van der Waals surface area (Å²) >= 11 is 3.39. The third-order valence-electron chi connectivity index (χ3n) is 3.82. The van der Waals surface area contributed by atoms with Gasteiger partial charge in [-0.25, -0.2) is 0 Å². The van der Waals surface area contributed by atoms with Crippen LogP contribution in [-0.4, -0.2) is 47.3 Å². The van der Waals surface area contributed by atoms with E-state index in [-0.39, 0.29) is 5.91 Å². The molecule has 0 aliphatic carbocycles. The number of aromatic nitrogens is 7. The number of benzene rings is 1. The summed E-state index contributed by atoms with van der Waals surface area (Å²) < 4.78 is 4.15. The molecule has 0 spiro atoms. The number of hydrogen-bond donors (Lipinski definition) is 1. The highest BCUT2D eigenvalue weighted by Gasteiger charge is 2.15. The Bertz CT molecular complexity index is 1060. The Balaban J connectivity index is 1.49. The van der Waals surface area contributed by atoms with Gasteiger partial charge in [0.2, 0.25) is 0 Å². The highest BCUT2D eigenvalue weighted by Crippen LogP contribution is 2.19. The molecule has 1 aromatic carbocycles. The maximum absolute atomic E-state index is 12.6. The highest BCUT2D eigenvalue weighted by molar-refractivity contribution is 9.10. The summed E-state index contributed by atoms with van der Waals surface area (Å²) in [4.78, 5) is 12.6. The fourth-order valence-electron chi connectivity index (χ4n) is 2.61. The van der Waals surface area contributed by atoms with Crippen LogP contribution in [0.4, 0.5) is 0 Å². The number of tetrazole rings is 1. The predicted molar refractivity (Wildman–Crippen MR) is 95.9 cm³/mol. The van der Waals surface area contributed by atoms with Crippen LogP contribution in [0.5, 0.6) is 0 Å². The number of pyridine rings is 1. The smallest absolute Gasteiger partial charge is 0.253 e. The molecule has 3 heterocycles. The molecule has 0 aliphatic heterocycles. The molecule has 130 valence electrons. The third kappa shape index (κ3) is 3.18. The van der Waals surface area contributed by atoms with E-state index in [0.29, 0.717) is 24.2 Å². The van der Waals surface area contributed by atoms with Crippen LogP contribution in [0.25, 0.3) is 11.3 Å². The first-order valence-electron chi connectivity index (χ1n) is 7.82. The van der Waals surface area contributed by atoms with Gasteiger partial charge >= 0.3 is 0 Å². The number of rotatable bonds is 5. The summed E-state index contributed by atoms with van der Waals surface area (Å²) in [7, 11) is 0. The molecule has 0 bridgehead atoms. The lowest BCUT2D eigenvalue weighted by atomic mass is 10.1. The Labute approximate surface area is 156 Å². The maximum atomic E-state index is 12.6. The summed E-state index contributed by atoms with van der Waals surface area (Å²) in [5.41, 5.74) is 1.85. The standard InChI is InChI=1S/C16H13BrN8O/c17-11-4-5-13(25-10-19-22-23-25)12(9-11)16(26)18-7-6-15-21-20-14-3-1-2-8-24(14)15/h1-5,8-10H,6-7H2,(H,18,26). The molecule has 1 amide bonds. The number of carbonyl (C=O) groups is 1. The van der Waals surface area contributed by atoms with Crippen molar-refractivity contribution >= 4 is 27.5 Å². The van der Waals surface area contributed by atoms with E-state index in [9.17, 15) is 4.79 Å². The fourth-order valence-corrected chi connectivity index (χ4v) is 2.97. The number of nitrogens with one attached hydrogen (secondary N) is 1. The van der Waals surface area contributed by atoms with Crippen molar-refractivity contribution in [3.63, 3.8) is 0 Å². The number of halogens is 1. The molecule has 0 atom stereocenters. The van der Waals surface area contributed by atoms with Crippen LogP contribution < -0.4 is 5.32 Å². The first-order valence-corrected chi connectivity index (χ1v) is 8.61. The van der Waals surface area contributed by atoms with Crippen molar-refractivity contribution in [1.29, 1.82) is 0 Å². The van der Waals surface area contributed by atoms with E-state index in [2.05, 4.69) is 47.0 Å². The van der Waals surface area contributed by atoms with Gasteiger partial charge in [-0.2, -0.15) is 4.68 Å². The minimum absolute atomic E-state index is 0.217. The second kappa shape index (κ2) is 7.00. The molecule has 10 heteroatoms. The Morgan fingerprint density at radius 3 is 2.96 bits per heavy atom. The number of fused-ring (bicyclic) bond motifs is 1. The van der Waals surface area contributed by atoms with Crippen molar-refractivity contribution in [3.8, 4) is 5.69 Å². The molecular formula is C16H13BrN8O. The van der Waals surface area contributed by atoms with Crippen LogP contribution in [0, 0.1) is 0 Å². The van der Waals surface area contributed by atoms with E-state index < -0.39 is 0 Å². The van der Waals surface area contributed by atoms with Crippen molar-refractivity contribution in [1.82, 2.24) is 40.1 Å². The van der Waals surface area contributed by atoms with Crippen LogP contribution in [0.3, 0.4) is 0 Å². The number of nitrogens with zero attached hydrogens (tertiary/aromatic N) is 7.